The van der Waals surface area contributed by atoms with Gasteiger partial charge >= 0.3 is 0 Å². The van der Waals surface area contributed by atoms with Crippen LogP contribution in [0.2, 0.25) is 0 Å². The zero-order valence-electron chi connectivity index (χ0n) is 10.2. The minimum absolute atomic E-state index is 0.964. The number of anilines is 1. The normalized spacial score (nSPS) is 11.2. The van der Waals surface area contributed by atoms with E-state index >= 15 is 0 Å². The van der Waals surface area contributed by atoms with Gasteiger partial charge in [-0.1, -0.05) is 0 Å². The molecule has 0 unspecified atom stereocenters. The summed E-state index contributed by atoms with van der Waals surface area (Å²) < 4.78 is 1.95. The molecule has 0 saturated carbocycles. The van der Waals surface area contributed by atoms with Crippen LogP contribution >= 0.6 is 0 Å². The Kier molecular flexibility index (Phi) is 2.04. The van der Waals surface area contributed by atoms with Crippen LogP contribution in [0.4, 0.5) is 5.69 Å². The Labute approximate surface area is 99.5 Å². The maximum atomic E-state index is 4.50. The van der Waals surface area contributed by atoms with E-state index in [-0.39, 0.29) is 0 Å². The summed E-state index contributed by atoms with van der Waals surface area (Å²) in [6, 6.07) is 8.25. The van der Waals surface area contributed by atoms with Gasteiger partial charge in [0.2, 0.25) is 0 Å². The van der Waals surface area contributed by atoms with Crippen molar-refractivity contribution in [2.24, 2.45) is 0 Å². The minimum Gasteiger partial charge on any atom is -0.378 e. The predicted octanol–water partition coefficient (Wildman–Crippen LogP) is 2.26. The van der Waals surface area contributed by atoms with Gasteiger partial charge in [-0.2, -0.15) is 5.10 Å². The van der Waals surface area contributed by atoms with Crippen LogP contribution in [-0.4, -0.2) is 28.7 Å². The number of fused-ring (bicyclic) bond motifs is 3. The monoisotopic (exact) mass is 226 g/mol. The first-order valence-corrected chi connectivity index (χ1v) is 5.57. The standard InChI is InChI=1S/C13H14N4/c1-9-6-11-8-14-12-5-4-10(16(2)3)7-13(12)17(11)15-9/h4-8H,1-3H3. The summed E-state index contributed by atoms with van der Waals surface area (Å²) in [4.78, 5) is 6.52. The maximum absolute atomic E-state index is 4.50. The van der Waals surface area contributed by atoms with Crippen LogP contribution in [0, 0.1) is 6.92 Å². The molecule has 2 aromatic heterocycles. The highest BCUT2D eigenvalue weighted by molar-refractivity contribution is 5.81. The number of rotatable bonds is 1. The molecule has 0 amide bonds. The average Bonchev–Trinajstić information content (AvgIpc) is 2.69. The van der Waals surface area contributed by atoms with Crippen molar-refractivity contribution in [1.82, 2.24) is 14.6 Å². The van der Waals surface area contributed by atoms with Crippen LogP contribution < -0.4 is 4.90 Å². The van der Waals surface area contributed by atoms with Crippen molar-refractivity contribution in [3.8, 4) is 0 Å². The molecular weight excluding hydrogens is 212 g/mol. The van der Waals surface area contributed by atoms with Crippen LogP contribution in [0.15, 0.2) is 30.5 Å². The van der Waals surface area contributed by atoms with Gasteiger partial charge in [0.25, 0.3) is 0 Å². The first-order valence-electron chi connectivity index (χ1n) is 5.57. The number of aromatic nitrogens is 3. The largest absolute Gasteiger partial charge is 0.378 e. The second kappa shape index (κ2) is 3.45. The number of aryl methyl sites for hydroxylation is 1. The van der Waals surface area contributed by atoms with E-state index in [1.807, 2.05) is 43.9 Å². The van der Waals surface area contributed by atoms with E-state index in [4.69, 9.17) is 0 Å². The Morgan fingerprint density at radius 2 is 2.00 bits per heavy atom. The van der Waals surface area contributed by atoms with Crippen LogP contribution in [0.5, 0.6) is 0 Å². The van der Waals surface area contributed by atoms with E-state index in [1.165, 1.54) is 0 Å². The highest BCUT2D eigenvalue weighted by Crippen LogP contribution is 2.20. The van der Waals surface area contributed by atoms with Gasteiger partial charge in [0.05, 0.1) is 28.4 Å². The number of benzene rings is 1. The van der Waals surface area contributed by atoms with Crippen LogP contribution in [0.25, 0.3) is 16.6 Å². The SMILES string of the molecule is Cc1cc2cnc3ccc(N(C)C)cc3n2n1. The van der Waals surface area contributed by atoms with E-state index < -0.39 is 0 Å². The Bertz CT molecular complexity index is 697. The third-order valence-electron chi connectivity index (χ3n) is 2.90. The lowest BCUT2D eigenvalue weighted by Gasteiger charge is -2.13. The summed E-state index contributed by atoms with van der Waals surface area (Å²) in [7, 11) is 4.06. The van der Waals surface area contributed by atoms with Crippen molar-refractivity contribution in [3.05, 3.63) is 36.2 Å². The Morgan fingerprint density at radius 3 is 2.76 bits per heavy atom. The third-order valence-corrected chi connectivity index (χ3v) is 2.90. The van der Waals surface area contributed by atoms with Gasteiger partial charge in [0, 0.05) is 19.8 Å². The molecule has 0 aliphatic carbocycles. The first kappa shape index (κ1) is 10.1. The fourth-order valence-electron chi connectivity index (χ4n) is 2.01. The van der Waals surface area contributed by atoms with Gasteiger partial charge in [-0.3, -0.25) is 4.98 Å². The second-order valence-electron chi connectivity index (χ2n) is 4.45. The quantitative estimate of drug-likeness (QED) is 0.638. The summed E-state index contributed by atoms with van der Waals surface area (Å²) in [6.07, 6.45) is 1.86. The highest BCUT2D eigenvalue weighted by Gasteiger charge is 2.05. The lowest BCUT2D eigenvalue weighted by molar-refractivity contribution is 0.964. The molecular formula is C13H14N4. The molecule has 4 heteroatoms. The van der Waals surface area contributed by atoms with Crippen molar-refractivity contribution < 1.29 is 0 Å². The second-order valence-corrected chi connectivity index (χ2v) is 4.45. The molecule has 2 heterocycles. The van der Waals surface area contributed by atoms with Gasteiger partial charge in [0.1, 0.15) is 0 Å². The van der Waals surface area contributed by atoms with Crippen molar-refractivity contribution >= 4 is 22.2 Å². The molecule has 0 aliphatic heterocycles. The van der Waals surface area contributed by atoms with Crippen molar-refractivity contribution in [1.29, 1.82) is 0 Å². The van der Waals surface area contributed by atoms with E-state index in [2.05, 4.69) is 27.1 Å². The topological polar surface area (TPSA) is 33.4 Å². The molecule has 17 heavy (non-hydrogen) atoms. The predicted molar refractivity (Wildman–Crippen MR) is 69.6 cm³/mol. The van der Waals surface area contributed by atoms with Crippen LogP contribution in [-0.2, 0) is 0 Å². The number of nitrogens with zero attached hydrogens (tertiary/aromatic N) is 4. The first-order chi connectivity index (χ1) is 8.15. The van der Waals surface area contributed by atoms with Gasteiger partial charge in [-0.15, -0.1) is 0 Å². The summed E-state index contributed by atoms with van der Waals surface area (Å²) in [5, 5.41) is 4.50. The lowest BCUT2D eigenvalue weighted by atomic mass is 10.2. The Balaban J connectivity index is 2.41. The summed E-state index contributed by atoms with van der Waals surface area (Å²) in [6.45, 7) is 1.99. The number of hydrogen-bond donors (Lipinski definition) is 0. The Hall–Kier alpha value is -2.10. The molecule has 3 rings (SSSR count). The minimum atomic E-state index is 0.964. The van der Waals surface area contributed by atoms with E-state index in [0.29, 0.717) is 0 Å². The molecule has 0 bridgehead atoms. The van der Waals surface area contributed by atoms with Crippen LogP contribution in [0.3, 0.4) is 0 Å². The molecule has 1 aromatic carbocycles. The molecule has 3 aromatic rings. The lowest BCUT2D eigenvalue weighted by Crippen LogP contribution is -2.08. The third kappa shape index (κ3) is 1.53. The van der Waals surface area contributed by atoms with Gasteiger partial charge < -0.3 is 4.90 Å². The van der Waals surface area contributed by atoms with Crippen molar-refractivity contribution in [3.63, 3.8) is 0 Å². The van der Waals surface area contributed by atoms with Crippen LogP contribution in [0.1, 0.15) is 5.69 Å². The summed E-state index contributed by atoms with van der Waals surface area (Å²) in [5.41, 5.74) is 5.20. The molecule has 4 nitrogen and oxygen atoms in total. The summed E-state index contributed by atoms with van der Waals surface area (Å²) in [5.74, 6) is 0. The molecule has 86 valence electrons. The van der Waals surface area contributed by atoms with Crippen molar-refractivity contribution in [2.75, 3.05) is 19.0 Å². The van der Waals surface area contributed by atoms with Gasteiger partial charge in [0.15, 0.2) is 0 Å². The van der Waals surface area contributed by atoms with E-state index in [1.54, 1.807) is 0 Å². The molecule has 0 N–H and O–H groups in total. The van der Waals surface area contributed by atoms with Gasteiger partial charge in [-0.25, -0.2) is 4.52 Å². The average molecular weight is 226 g/mol. The molecule has 0 spiro atoms. The van der Waals surface area contributed by atoms with Gasteiger partial charge in [-0.05, 0) is 31.2 Å². The zero-order chi connectivity index (χ0) is 12.0. The molecule has 0 aliphatic rings. The van der Waals surface area contributed by atoms with E-state index in [9.17, 15) is 0 Å². The fourth-order valence-corrected chi connectivity index (χ4v) is 2.01. The summed E-state index contributed by atoms with van der Waals surface area (Å²) >= 11 is 0. The Morgan fingerprint density at radius 1 is 1.18 bits per heavy atom. The smallest absolute Gasteiger partial charge is 0.0930 e. The molecule has 0 atom stereocenters. The maximum Gasteiger partial charge on any atom is 0.0930 e. The highest BCUT2D eigenvalue weighted by atomic mass is 15.2. The zero-order valence-corrected chi connectivity index (χ0v) is 10.2. The van der Waals surface area contributed by atoms with Crippen molar-refractivity contribution in [2.45, 2.75) is 6.92 Å². The molecule has 0 fully saturated rings. The molecule has 0 saturated heterocycles. The van der Waals surface area contributed by atoms with E-state index in [0.717, 1.165) is 27.9 Å². The number of hydrogen-bond acceptors (Lipinski definition) is 3. The molecule has 0 radical (unpaired) electrons. The fraction of sp³-hybridized carbons (Fsp3) is 0.231.